The van der Waals surface area contributed by atoms with E-state index in [1.807, 2.05) is 19.1 Å². The Kier molecular flexibility index (Phi) is 4.98. The van der Waals surface area contributed by atoms with Crippen LogP contribution in [0, 0.1) is 24.1 Å². The lowest BCUT2D eigenvalue weighted by Gasteiger charge is -2.29. The minimum Gasteiger partial charge on any atom is -0.399 e. The molecule has 32 heavy (non-hydrogen) atoms. The van der Waals surface area contributed by atoms with Crippen LogP contribution in [0.15, 0.2) is 42.5 Å². The minimum absolute atomic E-state index is 0.226. The highest BCUT2D eigenvalue weighted by Crippen LogP contribution is 2.39. The van der Waals surface area contributed by atoms with Crippen LogP contribution in [0.1, 0.15) is 30.5 Å². The van der Waals surface area contributed by atoms with Gasteiger partial charge in [-0.2, -0.15) is 10.4 Å². The van der Waals surface area contributed by atoms with E-state index in [0.29, 0.717) is 22.5 Å². The van der Waals surface area contributed by atoms with Crippen molar-refractivity contribution in [2.75, 3.05) is 23.7 Å². The molecule has 4 aromatic rings. The molecule has 0 bridgehead atoms. The summed E-state index contributed by atoms with van der Waals surface area (Å²) in [6.07, 6.45) is 3.69. The number of nitrogens with zero attached hydrogens (tertiary/aromatic N) is 4. The first-order valence-corrected chi connectivity index (χ1v) is 10.8. The average Bonchev–Trinajstić information content (AvgIpc) is 3.19. The molecule has 6 nitrogen and oxygen atoms in total. The lowest BCUT2D eigenvalue weighted by molar-refractivity contribution is 0.578. The molecular weight excluding hydrogens is 403 g/mol. The van der Waals surface area contributed by atoms with Crippen molar-refractivity contribution < 1.29 is 4.39 Å². The van der Waals surface area contributed by atoms with Crippen LogP contribution in [0.3, 0.4) is 0 Å². The van der Waals surface area contributed by atoms with E-state index < -0.39 is 5.82 Å². The topological polar surface area (TPSA) is 94.6 Å². The molecule has 160 valence electrons. The van der Waals surface area contributed by atoms with Crippen molar-refractivity contribution in [1.29, 1.82) is 5.26 Å². The molecule has 0 spiro atoms. The van der Waals surface area contributed by atoms with Gasteiger partial charge in [0.25, 0.3) is 0 Å². The van der Waals surface area contributed by atoms with Gasteiger partial charge in [-0.3, -0.25) is 5.10 Å². The lowest BCUT2D eigenvalue weighted by atomic mass is 9.93. The van der Waals surface area contributed by atoms with Gasteiger partial charge in [0, 0.05) is 41.3 Å². The van der Waals surface area contributed by atoms with Gasteiger partial charge in [0.05, 0.1) is 16.6 Å². The normalized spacial score (nSPS) is 14.0. The van der Waals surface area contributed by atoms with E-state index in [1.54, 1.807) is 12.1 Å². The fourth-order valence-corrected chi connectivity index (χ4v) is 4.51. The zero-order chi connectivity index (χ0) is 22.2. The second-order valence-electron chi connectivity index (χ2n) is 8.20. The van der Waals surface area contributed by atoms with E-state index in [1.165, 1.54) is 31.0 Å². The number of pyridine rings is 1. The second-order valence-corrected chi connectivity index (χ2v) is 8.20. The van der Waals surface area contributed by atoms with Crippen molar-refractivity contribution in [2.24, 2.45) is 0 Å². The zero-order valence-corrected chi connectivity index (χ0v) is 17.8. The van der Waals surface area contributed by atoms with E-state index >= 15 is 0 Å². The first-order valence-electron chi connectivity index (χ1n) is 10.8. The number of hydrogen-bond acceptors (Lipinski definition) is 5. The summed E-state index contributed by atoms with van der Waals surface area (Å²) < 4.78 is 14.8. The van der Waals surface area contributed by atoms with Gasteiger partial charge in [-0.25, -0.2) is 9.37 Å². The van der Waals surface area contributed by atoms with E-state index in [9.17, 15) is 9.65 Å². The molecule has 0 unspecified atom stereocenters. The molecule has 0 atom stereocenters. The van der Waals surface area contributed by atoms with Crippen molar-refractivity contribution in [2.45, 2.75) is 26.2 Å². The molecule has 0 saturated carbocycles. The molecule has 1 fully saturated rings. The molecule has 1 aliphatic heterocycles. The second kappa shape index (κ2) is 7.97. The summed E-state index contributed by atoms with van der Waals surface area (Å²) in [5.41, 5.74) is 10.8. The number of nitriles is 1. The van der Waals surface area contributed by atoms with Gasteiger partial charge in [0.1, 0.15) is 11.9 Å². The maximum atomic E-state index is 14.8. The summed E-state index contributed by atoms with van der Waals surface area (Å²) in [5.74, 6) is -0.521. The maximum absolute atomic E-state index is 14.8. The molecule has 7 heteroatoms. The number of aromatic amines is 1. The number of aryl methyl sites for hydroxylation is 1. The van der Waals surface area contributed by atoms with Crippen molar-refractivity contribution >= 4 is 22.4 Å². The Labute approximate surface area is 185 Å². The van der Waals surface area contributed by atoms with Crippen LogP contribution in [-0.4, -0.2) is 28.3 Å². The highest BCUT2D eigenvalue weighted by molar-refractivity contribution is 6.01. The Balaban J connectivity index is 1.71. The van der Waals surface area contributed by atoms with Crippen LogP contribution in [0.2, 0.25) is 0 Å². The van der Waals surface area contributed by atoms with E-state index in [-0.39, 0.29) is 11.3 Å². The van der Waals surface area contributed by atoms with Crippen molar-refractivity contribution in [3.63, 3.8) is 0 Å². The first-order chi connectivity index (χ1) is 15.6. The Hall–Kier alpha value is -3.92. The number of nitrogens with one attached hydrogen (secondary N) is 1. The summed E-state index contributed by atoms with van der Waals surface area (Å²) in [7, 11) is 0. The number of anilines is 2. The molecule has 1 saturated heterocycles. The number of aromatic nitrogens is 3. The average molecular weight is 426 g/mol. The first kappa shape index (κ1) is 20.0. The van der Waals surface area contributed by atoms with Crippen molar-refractivity contribution in [3.8, 4) is 28.5 Å². The number of piperidine rings is 1. The highest BCUT2D eigenvalue weighted by atomic mass is 19.1. The standard InChI is InChI=1S/C25H23FN6/c1-15-22-23(16-5-8-18(9-6-16)32-11-3-2-4-12-32)20(14-27)24(29-25(22)31-30-15)19-10-7-17(28)13-21(19)26/h5-10,13H,2-4,11-12,28H2,1H3,(H,29,30,31). The zero-order valence-electron chi connectivity index (χ0n) is 17.8. The Morgan fingerprint density at radius 3 is 2.53 bits per heavy atom. The number of nitrogen functional groups attached to an aromatic ring is 1. The smallest absolute Gasteiger partial charge is 0.182 e. The molecule has 0 aliphatic carbocycles. The molecule has 2 aromatic heterocycles. The molecular formula is C25H23FN6. The predicted molar refractivity (Wildman–Crippen MR) is 125 cm³/mol. The summed E-state index contributed by atoms with van der Waals surface area (Å²) in [5, 5.41) is 18.2. The van der Waals surface area contributed by atoms with E-state index in [4.69, 9.17) is 5.73 Å². The predicted octanol–water partition coefficient (Wildman–Crippen LogP) is 5.18. The Morgan fingerprint density at radius 1 is 1.09 bits per heavy atom. The molecule has 2 aromatic carbocycles. The summed E-state index contributed by atoms with van der Waals surface area (Å²) >= 11 is 0. The third-order valence-electron chi connectivity index (χ3n) is 6.12. The van der Waals surface area contributed by atoms with Gasteiger partial charge in [-0.05, 0) is 62.1 Å². The van der Waals surface area contributed by atoms with Crippen LogP contribution in [0.25, 0.3) is 33.4 Å². The number of rotatable bonds is 3. The number of benzene rings is 2. The quantitative estimate of drug-likeness (QED) is 0.440. The number of fused-ring (bicyclic) bond motifs is 1. The number of halogens is 1. The molecule has 5 rings (SSSR count). The van der Waals surface area contributed by atoms with E-state index in [0.717, 1.165) is 29.7 Å². The molecule has 3 heterocycles. The van der Waals surface area contributed by atoms with Crippen LogP contribution in [0.5, 0.6) is 0 Å². The molecule has 1 aliphatic rings. The fraction of sp³-hybridized carbons (Fsp3) is 0.240. The van der Waals surface area contributed by atoms with Gasteiger partial charge in [-0.15, -0.1) is 0 Å². The van der Waals surface area contributed by atoms with E-state index in [2.05, 4.69) is 38.3 Å². The third-order valence-corrected chi connectivity index (χ3v) is 6.12. The van der Waals surface area contributed by atoms with Gasteiger partial charge in [0.15, 0.2) is 5.65 Å². The molecule has 3 N–H and O–H groups in total. The molecule has 0 radical (unpaired) electrons. The fourth-order valence-electron chi connectivity index (χ4n) is 4.51. The summed E-state index contributed by atoms with van der Waals surface area (Å²) in [6, 6.07) is 14.9. The third kappa shape index (κ3) is 3.34. The van der Waals surface area contributed by atoms with Crippen molar-refractivity contribution in [1.82, 2.24) is 15.2 Å². The minimum atomic E-state index is -0.521. The number of nitrogens with two attached hydrogens (primary N) is 1. The van der Waals surface area contributed by atoms with Gasteiger partial charge in [-0.1, -0.05) is 12.1 Å². The van der Waals surface area contributed by atoms with Crippen LogP contribution in [0.4, 0.5) is 15.8 Å². The van der Waals surface area contributed by atoms with Crippen LogP contribution >= 0.6 is 0 Å². The summed E-state index contributed by atoms with van der Waals surface area (Å²) in [4.78, 5) is 6.94. The maximum Gasteiger partial charge on any atom is 0.182 e. The van der Waals surface area contributed by atoms with Crippen LogP contribution in [-0.2, 0) is 0 Å². The lowest BCUT2D eigenvalue weighted by Crippen LogP contribution is -2.29. The number of hydrogen-bond donors (Lipinski definition) is 2. The molecule has 0 amide bonds. The van der Waals surface area contributed by atoms with Gasteiger partial charge in [0.2, 0.25) is 0 Å². The Bertz CT molecular complexity index is 1340. The Morgan fingerprint density at radius 2 is 1.84 bits per heavy atom. The highest BCUT2D eigenvalue weighted by Gasteiger charge is 2.23. The number of H-pyrrole nitrogens is 1. The van der Waals surface area contributed by atoms with Crippen molar-refractivity contribution in [3.05, 3.63) is 59.5 Å². The summed E-state index contributed by atoms with van der Waals surface area (Å²) in [6.45, 7) is 4.01. The monoisotopic (exact) mass is 426 g/mol. The largest absolute Gasteiger partial charge is 0.399 e. The van der Waals surface area contributed by atoms with Gasteiger partial charge >= 0.3 is 0 Å². The van der Waals surface area contributed by atoms with Crippen LogP contribution < -0.4 is 10.6 Å². The SMILES string of the molecule is Cc1[nH]nc2nc(-c3ccc(N)cc3F)c(C#N)c(-c3ccc(N4CCCCC4)cc3)c12. The van der Waals surface area contributed by atoms with Gasteiger partial charge < -0.3 is 10.6 Å².